The fourth-order valence-corrected chi connectivity index (χ4v) is 5.29. The molecule has 39 heavy (non-hydrogen) atoms. The Morgan fingerprint density at radius 2 is 1.38 bits per heavy atom. The van der Waals surface area contributed by atoms with E-state index in [0.29, 0.717) is 17.0 Å². The summed E-state index contributed by atoms with van der Waals surface area (Å²) in [6.45, 7) is 0.0107. The average molecular weight is 524 g/mol. The molecule has 0 bridgehead atoms. The van der Waals surface area contributed by atoms with Crippen molar-refractivity contribution in [1.29, 1.82) is 0 Å². The maximum Gasteiger partial charge on any atom is 0.167 e. The Bertz CT molecular complexity index is 1430. The van der Waals surface area contributed by atoms with E-state index in [1.807, 2.05) is 91.0 Å². The first-order chi connectivity index (χ1) is 19.1. The molecule has 9 heteroatoms. The molecule has 9 nitrogen and oxygen atoms in total. The zero-order valence-corrected chi connectivity index (χ0v) is 21.3. The molecule has 3 aromatic carbocycles. The Morgan fingerprint density at radius 1 is 0.821 bits per heavy atom. The highest BCUT2D eigenvalue weighted by molar-refractivity contribution is 5.82. The first-order valence-corrected chi connectivity index (χ1v) is 12.8. The molecule has 198 valence electrons. The first kappa shape index (κ1) is 25.1. The molecule has 2 aromatic heterocycles. The summed E-state index contributed by atoms with van der Waals surface area (Å²) in [5.41, 5.74) is 2.85. The molecule has 6 rings (SSSR count). The lowest BCUT2D eigenvalue weighted by Crippen LogP contribution is -2.39. The molecule has 0 aliphatic carbocycles. The third-order valence-corrected chi connectivity index (χ3v) is 7.21. The lowest BCUT2D eigenvalue weighted by atomic mass is 9.80. The molecule has 0 radical (unpaired) electrons. The minimum absolute atomic E-state index is 0.0107. The zero-order chi connectivity index (χ0) is 26.8. The standard InChI is InChI=1S/C30H29N5O4/c1-31-27-24-28(33-18-32-27)35(19-34-24)29-26(37)25(36)23(39-29)17-38-30(20-11-5-2-6-12-20,21-13-7-3-8-14-21)22-15-9-4-10-16-22/h2-16,18-19,23,25-26,29,36-37H,17H2,1H3,(H,31,32,33)/t23-,25-,26-,29-/m1/s1. The molecular formula is C30H29N5O4. The van der Waals surface area contributed by atoms with Crippen molar-refractivity contribution in [2.24, 2.45) is 0 Å². The van der Waals surface area contributed by atoms with E-state index in [1.54, 1.807) is 11.6 Å². The van der Waals surface area contributed by atoms with Crippen molar-refractivity contribution in [3.05, 3.63) is 120 Å². The quantitative estimate of drug-likeness (QED) is 0.265. The molecule has 1 saturated heterocycles. The van der Waals surface area contributed by atoms with E-state index < -0.39 is 30.1 Å². The van der Waals surface area contributed by atoms with Crippen LogP contribution in [0.2, 0.25) is 0 Å². The van der Waals surface area contributed by atoms with Crippen molar-refractivity contribution in [2.45, 2.75) is 30.1 Å². The van der Waals surface area contributed by atoms with Crippen LogP contribution in [0.1, 0.15) is 22.9 Å². The van der Waals surface area contributed by atoms with Crippen LogP contribution in [-0.2, 0) is 15.1 Å². The van der Waals surface area contributed by atoms with Gasteiger partial charge in [0, 0.05) is 7.05 Å². The molecule has 0 saturated carbocycles. The van der Waals surface area contributed by atoms with Crippen LogP contribution in [0.4, 0.5) is 5.82 Å². The van der Waals surface area contributed by atoms with E-state index in [-0.39, 0.29) is 6.61 Å². The summed E-state index contributed by atoms with van der Waals surface area (Å²) in [7, 11) is 1.75. The first-order valence-electron chi connectivity index (χ1n) is 12.8. The molecule has 0 unspecified atom stereocenters. The Kier molecular flexibility index (Phi) is 6.80. The van der Waals surface area contributed by atoms with Gasteiger partial charge in [-0.25, -0.2) is 15.0 Å². The van der Waals surface area contributed by atoms with Crippen LogP contribution in [0, 0.1) is 0 Å². The number of fused-ring (bicyclic) bond motifs is 1. The second kappa shape index (κ2) is 10.5. The number of imidazole rings is 1. The van der Waals surface area contributed by atoms with Gasteiger partial charge in [0.05, 0.1) is 12.9 Å². The van der Waals surface area contributed by atoms with Gasteiger partial charge in [-0.3, -0.25) is 4.57 Å². The highest BCUT2D eigenvalue weighted by atomic mass is 16.6. The van der Waals surface area contributed by atoms with Crippen molar-refractivity contribution < 1.29 is 19.7 Å². The van der Waals surface area contributed by atoms with Crippen LogP contribution in [0.25, 0.3) is 11.2 Å². The molecule has 1 aliphatic rings. The molecule has 0 amide bonds. The summed E-state index contributed by atoms with van der Waals surface area (Å²) in [6.07, 6.45) is -1.19. The Hall–Kier alpha value is -4.15. The smallest absolute Gasteiger partial charge is 0.167 e. The second-order valence-electron chi connectivity index (χ2n) is 9.43. The van der Waals surface area contributed by atoms with E-state index in [9.17, 15) is 10.2 Å². The predicted molar refractivity (Wildman–Crippen MR) is 146 cm³/mol. The molecule has 3 N–H and O–H groups in total. The lowest BCUT2D eigenvalue weighted by Gasteiger charge is -2.37. The van der Waals surface area contributed by atoms with Gasteiger partial charge < -0.3 is 25.0 Å². The number of benzene rings is 3. The van der Waals surface area contributed by atoms with E-state index in [1.165, 1.54) is 12.7 Å². The largest absolute Gasteiger partial charge is 0.387 e. The van der Waals surface area contributed by atoms with Crippen LogP contribution >= 0.6 is 0 Å². The van der Waals surface area contributed by atoms with Gasteiger partial charge in [-0.05, 0) is 16.7 Å². The second-order valence-corrected chi connectivity index (χ2v) is 9.43. The number of aromatic nitrogens is 4. The normalized spacial score (nSPS) is 21.3. The fraction of sp³-hybridized carbons (Fsp3) is 0.233. The molecular weight excluding hydrogens is 494 g/mol. The summed E-state index contributed by atoms with van der Waals surface area (Å²) in [6, 6.07) is 29.9. The molecule has 0 spiro atoms. The number of rotatable bonds is 8. The number of anilines is 1. The third kappa shape index (κ3) is 4.35. The monoisotopic (exact) mass is 523 g/mol. The lowest BCUT2D eigenvalue weighted by molar-refractivity contribution is -0.0942. The van der Waals surface area contributed by atoms with E-state index in [4.69, 9.17) is 9.47 Å². The van der Waals surface area contributed by atoms with Gasteiger partial charge in [0.1, 0.15) is 35.8 Å². The molecule has 1 aliphatic heterocycles. The topological polar surface area (TPSA) is 115 Å². The minimum atomic E-state index is -1.22. The number of ether oxygens (including phenoxy) is 2. The van der Waals surface area contributed by atoms with E-state index >= 15 is 0 Å². The van der Waals surface area contributed by atoms with Crippen LogP contribution in [0.3, 0.4) is 0 Å². The zero-order valence-electron chi connectivity index (χ0n) is 21.3. The predicted octanol–water partition coefficient (Wildman–Crippen LogP) is 3.50. The number of aliphatic hydroxyl groups is 2. The SMILES string of the molecule is CNc1ncnc2c1ncn2[C@@H]1O[C@H](COC(c2ccccc2)(c2ccccc2)c2ccccc2)[C@@H](O)[C@H]1O. The van der Waals surface area contributed by atoms with Gasteiger partial charge in [-0.1, -0.05) is 91.0 Å². The van der Waals surface area contributed by atoms with Crippen molar-refractivity contribution >= 4 is 17.0 Å². The number of aliphatic hydroxyl groups excluding tert-OH is 2. The van der Waals surface area contributed by atoms with Crippen LogP contribution in [0.5, 0.6) is 0 Å². The molecule has 5 aromatic rings. The minimum Gasteiger partial charge on any atom is -0.387 e. The summed E-state index contributed by atoms with van der Waals surface area (Å²) in [5.74, 6) is 0.560. The highest BCUT2D eigenvalue weighted by Crippen LogP contribution is 2.42. The number of nitrogens with zero attached hydrogens (tertiary/aromatic N) is 4. The number of hydrogen-bond acceptors (Lipinski definition) is 8. The Balaban J connectivity index is 1.36. The van der Waals surface area contributed by atoms with Crippen molar-refractivity contribution in [3.63, 3.8) is 0 Å². The van der Waals surface area contributed by atoms with Gasteiger partial charge in [0.25, 0.3) is 0 Å². The van der Waals surface area contributed by atoms with Crippen molar-refractivity contribution in [2.75, 3.05) is 19.0 Å². The van der Waals surface area contributed by atoms with E-state index in [2.05, 4.69) is 20.3 Å². The van der Waals surface area contributed by atoms with Gasteiger partial charge in [0.2, 0.25) is 0 Å². The third-order valence-electron chi connectivity index (χ3n) is 7.21. The molecule has 3 heterocycles. The molecule has 4 atom stereocenters. The summed E-state index contributed by atoms with van der Waals surface area (Å²) in [5, 5.41) is 25.1. The van der Waals surface area contributed by atoms with Gasteiger partial charge in [-0.15, -0.1) is 0 Å². The number of nitrogens with one attached hydrogen (secondary N) is 1. The Morgan fingerprint density at radius 3 is 1.92 bits per heavy atom. The maximum atomic E-state index is 11.1. The van der Waals surface area contributed by atoms with Gasteiger partial charge in [-0.2, -0.15) is 0 Å². The van der Waals surface area contributed by atoms with E-state index in [0.717, 1.165) is 16.7 Å². The number of hydrogen-bond donors (Lipinski definition) is 3. The highest BCUT2D eigenvalue weighted by Gasteiger charge is 2.46. The van der Waals surface area contributed by atoms with Crippen LogP contribution < -0.4 is 5.32 Å². The summed E-state index contributed by atoms with van der Waals surface area (Å²) in [4.78, 5) is 12.9. The fourth-order valence-electron chi connectivity index (χ4n) is 5.29. The average Bonchev–Trinajstić information content (AvgIpc) is 3.55. The van der Waals surface area contributed by atoms with Crippen LogP contribution in [0.15, 0.2) is 104 Å². The van der Waals surface area contributed by atoms with Gasteiger partial charge in [0.15, 0.2) is 17.7 Å². The summed E-state index contributed by atoms with van der Waals surface area (Å²) >= 11 is 0. The van der Waals surface area contributed by atoms with Gasteiger partial charge >= 0.3 is 0 Å². The van der Waals surface area contributed by atoms with Crippen molar-refractivity contribution in [3.8, 4) is 0 Å². The maximum absolute atomic E-state index is 11.1. The summed E-state index contributed by atoms with van der Waals surface area (Å²) < 4.78 is 14.7. The molecule has 1 fully saturated rings. The van der Waals surface area contributed by atoms with Crippen molar-refractivity contribution in [1.82, 2.24) is 19.5 Å². The Labute approximate surface area is 225 Å². The van der Waals surface area contributed by atoms with Crippen LogP contribution in [-0.4, -0.2) is 61.7 Å².